The number of carbonyl (C=O) groups is 1. The molecule has 3 rings (SSSR count). The summed E-state index contributed by atoms with van der Waals surface area (Å²) < 4.78 is 31.7. The Morgan fingerprint density at radius 1 is 1.10 bits per heavy atom. The third-order valence-corrected chi connectivity index (χ3v) is 6.56. The van der Waals surface area contributed by atoms with Crippen molar-refractivity contribution >= 4 is 22.1 Å². The summed E-state index contributed by atoms with van der Waals surface area (Å²) in [6, 6.07) is 16.9. The Bertz CT molecular complexity index is 964. The molecule has 0 spiro atoms. The number of nitrogens with one attached hydrogen (secondary N) is 1. The van der Waals surface area contributed by atoms with E-state index in [1.165, 1.54) is 11.6 Å². The van der Waals surface area contributed by atoms with Crippen LogP contribution in [0.3, 0.4) is 0 Å². The molecule has 0 saturated carbocycles. The second-order valence-electron chi connectivity index (χ2n) is 7.84. The molecule has 0 aliphatic carbocycles. The quantitative estimate of drug-likeness (QED) is 0.656. The Morgan fingerprint density at radius 2 is 1.77 bits per heavy atom. The number of hydrogen-bond acceptors (Lipinski definition) is 4. The van der Waals surface area contributed by atoms with E-state index in [4.69, 9.17) is 4.74 Å². The van der Waals surface area contributed by atoms with E-state index in [9.17, 15) is 13.2 Å². The lowest BCUT2D eigenvalue weighted by molar-refractivity contribution is 0.172. The van der Waals surface area contributed by atoms with Crippen LogP contribution in [0.5, 0.6) is 5.75 Å². The summed E-state index contributed by atoms with van der Waals surface area (Å²) in [7, 11) is -2.29. The Kier molecular flexibility index (Phi) is 8.12. The van der Waals surface area contributed by atoms with Crippen molar-refractivity contribution in [2.24, 2.45) is 5.92 Å². The van der Waals surface area contributed by atoms with E-state index in [0.29, 0.717) is 30.3 Å². The summed E-state index contributed by atoms with van der Waals surface area (Å²) in [4.78, 5) is 14.0. The van der Waals surface area contributed by atoms with Gasteiger partial charge in [0.25, 0.3) is 10.0 Å². The highest BCUT2D eigenvalue weighted by atomic mass is 32.2. The highest BCUT2D eigenvalue weighted by Gasteiger charge is 2.24. The summed E-state index contributed by atoms with van der Waals surface area (Å²) in [5.74, 6) is 1.27. The van der Waals surface area contributed by atoms with Gasteiger partial charge in [-0.05, 0) is 67.4 Å². The summed E-state index contributed by atoms with van der Waals surface area (Å²) in [6.07, 6.45) is 6.60. The van der Waals surface area contributed by atoms with E-state index in [0.717, 1.165) is 37.5 Å². The summed E-state index contributed by atoms with van der Waals surface area (Å²) >= 11 is 0. The smallest absolute Gasteiger partial charge is 0.331 e. The Hall–Kier alpha value is -2.80. The molecule has 1 N–H and O–H groups in total. The molecule has 0 atom stereocenters. The van der Waals surface area contributed by atoms with E-state index < -0.39 is 16.1 Å². The highest BCUT2D eigenvalue weighted by molar-refractivity contribution is 7.93. The maximum Gasteiger partial charge on any atom is 0.331 e. The predicted octanol–water partition coefficient (Wildman–Crippen LogP) is 4.44. The molecule has 0 unspecified atom stereocenters. The lowest BCUT2D eigenvalue weighted by Crippen LogP contribution is -2.45. The minimum absolute atomic E-state index is 0.554. The fourth-order valence-electron chi connectivity index (χ4n) is 3.77. The average molecular weight is 443 g/mol. The van der Waals surface area contributed by atoms with Crippen LogP contribution in [-0.2, 0) is 16.4 Å². The fourth-order valence-corrected chi connectivity index (χ4v) is 4.54. The molecule has 1 aliphatic rings. The molecule has 1 aliphatic heterocycles. The molecule has 6 nitrogen and oxygen atoms in total. The molecule has 166 valence electrons. The molecule has 1 fully saturated rings. The normalized spacial score (nSPS) is 15.2. The van der Waals surface area contributed by atoms with Crippen LogP contribution in [0.4, 0.5) is 4.79 Å². The summed E-state index contributed by atoms with van der Waals surface area (Å²) in [5, 5.41) is 1.02. The fraction of sp³-hybridized carbons (Fsp3) is 0.375. The van der Waals surface area contributed by atoms with Crippen molar-refractivity contribution in [2.75, 3.05) is 20.2 Å². The first-order valence-corrected chi connectivity index (χ1v) is 12.2. The topological polar surface area (TPSA) is 75.7 Å². The minimum Gasteiger partial charge on any atom is -0.497 e. The van der Waals surface area contributed by atoms with Crippen LogP contribution in [0.15, 0.2) is 60.0 Å². The van der Waals surface area contributed by atoms with Gasteiger partial charge < -0.3 is 9.64 Å². The highest BCUT2D eigenvalue weighted by Crippen LogP contribution is 2.23. The number of rotatable bonds is 8. The largest absolute Gasteiger partial charge is 0.497 e. The summed E-state index contributed by atoms with van der Waals surface area (Å²) in [5.41, 5.74) is 2.06. The minimum atomic E-state index is -3.86. The lowest BCUT2D eigenvalue weighted by Gasteiger charge is -2.31. The van der Waals surface area contributed by atoms with Crippen molar-refractivity contribution in [1.82, 2.24) is 9.62 Å². The molecule has 31 heavy (non-hydrogen) atoms. The zero-order valence-corrected chi connectivity index (χ0v) is 18.7. The van der Waals surface area contributed by atoms with Gasteiger partial charge in [-0.2, -0.15) is 0 Å². The second kappa shape index (κ2) is 11.0. The predicted molar refractivity (Wildman–Crippen MR) is 123 cm³/mol. The molecular formula is C24H30N2O4S. The van der Waals surface area contributed by atoms with Gasteiger partial charge in [-0.3, -0.25) is 0 Å². The van der Waals surface area contributed by atoms with Crippen LogP contribution in [0.25, 0.3) is 6.08 Å². The van der Waals surface area contributed by atoms with Crippen LogP contribution in [0.2, 0.25) is 0 Å². The molecule has 2 aromatic carbocycles. The van der Waals surface area contributed by atoms with Gasteiger partial charge in [0.1, 0.15) is 5.75 Å². The van der Waals surface area contributed by atoms with Crippen molar-refractivity contribution in [1.29, 1.82) is 0 Å². The van der Waals surface area contributed by atoms with E-state index >= 15 is 0 Å². The number of sulfonamides is 1. The van der Waals surface area contributed by atoms with E-state index in [1.807, 2.05) is 6.07 Å². The van der Waals surface area contributed by atoms with E-state index in [-0.39, 0.29) is 0 Å². The number of ether oxygens (including phenoxy) is 1. The second-order valence-corrected chi connectivity index (χ2v) is 9.40. The van der Waals surface area contributed by atoms with Gasteiger partial charge in [-0.25, -0.2) is 17.9 Å². The van der Waals surface area contributed by atoms with Crippen molar-refractivity contribution < 1.29 is 17.9 Å². The van der Waals surface area contributed by atoms with Gasteiger partial charge in [0.2, 0.25) is 0 Å². The van der Waals surface area contributed by atoms with Gasteiger partial charge >= 0.3 is 6.03 Å². The number of piperidine rings is 1. The number of aryl methyl sites for hydroxylation is 1. The van der Waals surface area contributed by atoms with Gasteiger partial charge in [0, 0.05) is 13.1 Å². The molecule has 2 aromatic rings. The Morgan fingerprint density at radius 3 is 2.42 bits per heavy atom. The Balaban J connectivity index is 1.41. The first-order chi connectivity index (χ1) is 14.9. The number of nitrogens with zero attached hydrogens (tertiary/aromatic N) is 1. The molecular weight excluding hydrogens is 412 g/mol. The number of carbonyl (C=O) groups excluding carboxylic acids is 1. The maximum absolute atomic E-state index is 12.4. The first-order valence-electron chi connectivity index (χ1n) is 10.6. The maximum atomic E-state index is 12.4. The SMILES string of the molecule is COc1ccc(C=CS(=O)(=O)NC(=O)N2CCC(CCCc3ccccc3)CC2)cc1. The zero-order valence-electron chi connectivity index (χ0n) is 17.9. The zero-order chi connectivity index (χ0) is 22.1. The molecule has 7 heteroatoms. The Labute approximate surface area is 185 Å². The number of hydrogen-bond donors (Lipinski definition) is 1. The van der Waals surface area contributed by atoms with Gasteiger partial charge in [-0.1, -0.05) is 42.5 Å². The third kappa shape index (κ3) is 7.43. The third-order valence-electron chi connectivity index (χ3n) is 5.61. The molecule has 0 aromatic heterocycles. The van der Waals surface area contributed by atoms with Crippen LogP contribution < -0.4 is 9.46 Å². The first kappa shape index (κ1) is 22.9. The number of amides is 2. The van der Waals surface area contributed by atoms with Crippen molar-refractivity contribution in [2.45, 2.75) is 32.1 Å². The van der Waals surface area contributed by atoms with Crippen molar-refractivity contribution in [3.8, 4) is 5.75 Å². The number of benzene rings is 2. The van der Waals surface area contributed by atoms with Gasteiger partial charge in [-0.15, -0.1) is 0 Å². The monoisotopic (exact) mass is 442 g/mol. The average Bonchev–Trinajstić information content (AvgIpc) is 2.79. The van der Waals surface area contributed by atoms with Crippen LogP contribution in [0.1, 0.15) is 36.8 Å². The molecule has 2 amide bonds. The van der Waals surface area contributed by atoms with Crippen LogP contribution in [-0.4, -0.2) is 39.5 Å². The molecule has 1 heterocycles. The summed E-state index contributed by atoms with van der Waals surface area (Å²) in [6.45, 7) is 1.17. The van der Waals surface area contributed by atoms with Gasteiger partial charge in [0.05, 0.1) is 12.5 Å². The number of urea groups is 1. The number of likely N-dealkylation sites (tertiary alicyclic amines) is 1. The standard InChI is InChI=1S/C24H30N2O4S/c1-30-23-12-10-22(11-13-23)16-19-31(28,29)25-24(27)26-17-14-21(15-18-26)9-5-8-20-6-3-2-4-7-20/h2-4,6-7,10-13,16,19,21H,5,8-9,14-15,17-18H2,1H3,(H,25,27). The lowest BCUT2D eigenvalue weighted by atomic mass is 9.91. The molecule has 1 saturated heterocycles. The van der Waals surface area contributed by atoms with Crippen LogP contribution in [0, 0.1) is 5.92 Å². The molecule has 0 bridgehead atoms. The van der Waals surface area contributed by atoms with E-state index in [1.54, 1.807) is 36.3 Å². The van der Waals surface area contributed by atoms with E-state index in [2.05, 4.69) is 29.0 Å². The van der Waals surface area contributed by atoms with Gasteiger partial charge in [0.15, 0.2) is 0 Å². The van der Waals surface area contributed by atoms with Crippen molar-refractivity contribution in [3.05, 3.63) is 71.1 Å². The van der Waals surface area contributed by atoms with Crippen LogP contribution >= 0.6 is 0 Å². The molecule has 0 radical (unpaired) electrons. The van der Waals surface area contributed by atoms with Crippen molar-refractivity contribution in [3.63, 3.8) is 0 Å². The number of methoxy groups -OCH3 is 1.